The minimum Gasteiger partial charge on any atom is -0.481 e. The van der Waals surface area contributed by atoms with E-state index < -0.39 is 12.0 Å². The normalized spacial score (nSPS) is 12.1. The molecule has 98 valence electrons. The first-order valence-corrected chi connectivity index (χ1v) is 5.90. The smallest absolute Gasteiger partial charge is 0.303 e. The van der Waals surface area contributed by atoms with E-state index in [0.717, 1.165) is 16.5 Å². The van der Waals surface area contributed by atoms with E-state index in [9.17, 15) is 4.79 Å². The second-order valence-corrected chi connectivity index (χ2v) is 4.44. The van der Waals surface area contributed by atoms with Crippen LogP contribution >= 0.6 is 0 Å². The number of fused-ring (bicyclic) bond motifs is 1. The van der Waals surface area contributed by atoms with Crippen molar-refractivity contribution in [1.29, 1.82) is 0 Å². The first-order chi connectivity index (χ1) is 9.11. The molecule has 0 aliphatic rings. The Morgan fingerprint density at radius 3 is 2.95 bits per heavy atom. The van der Waals surface area contributed by atoms with E-state index in [2.05, 4.69) is 10.0 Å². The number of carboxylic acid groups (broad SMARTS) is 1. The van der Waals surface area contributed by atoms with Crippen LogP contribution in [0.5, 0.6) is 0 Å². The predicted molar refractivity (Wildman–Crippen MR) is 71.8 cm³/mol. The van der Waals surface area contributed by atoms with Crippen molar-refractivity contribution in [1.82, 2.24) is 4.57 Å². The molecule has 0 bridgehead atoms. The van der Waals surface area contributed by atoms with Crippen molar-refractivity contribution in [3.8, 4) is 0 Å². The van der Waals surface area contributed by atoms with Gasteiger partial charge >= 0.3 is 5.97 Å². The van der Waals surface area contributed by atoms with Crippen LogP contribution in [0.15, 0.2) is 35.6 Å². The van der Waals surface area contributed by atoms with Crippen LogP contribution in [0.3, 0.4) is 0 Å². The van der Waals surface area contributed by atoms with E-state index in [-0.39, 0.29) is 6.42 Å². The lowest BCUT2D eigenvalue weighted by atomic mass is 10.0. The number of hydrogen-bond acceptors (Lipinski definition) is 2. The molecule has 1 aromatic heterocycles. The lowest BCUT2D eigenvalue weighted by molar-refractivity contribution is -0.137. The summed E-state index contributed by atoms with van der Waals surface area (Å²) in [7, 11) is 1.94. The standard InChI is InChI=1S/C13H14N4O2/c1-17-8-9(11-4-2-3-5-12(11)17)6-10(15-16-14)7-13(18)19/h2-5,8,10H,6-7H2,1H3,(H,18,19)/t10-/m1/s1. The number of aryl methyl sites for hydroxylation is 1. The molecule has 2 aromatic rings. The maximum Gasteiger partial charge on any atom is 0.303 e. The first kappa shape index (κ1) is 13.0. The van der Waals surface area contributed by atoms with E-state index in [1.165, 1.54) is 0 Å². The number of carbonyl (C=O) groups is 1. The van der Waals surface area contributed by atoms with Gasteiger partial charge in [0.25, 0.3) is 0 Å². The van der Waals surface area contributed by atoms with Crippen LogP contribution in [-0.4, -0.2) is 21.7 Å². The zero-order chi connectivity index (χ0) is 13.8. The topological polar surface area (TPSA) is 91.0 Å². The Morgan fingerprint density at radius 1 is 1.53 bits per heavy atom. The largest absolute Gasteiger partial charge is 0.481 e. The highest BCUT2D eigenvalue weighted by atomic mass is 16.4. The number of para-hydroxylation sites is 1. The molecule has 0 unspecified atom stereocenters. The van der Waals surface area contributed by atoms with Gasteiger partial charge in [0, 0.05) is 29.1 Å². The molecule has 0 saturated carbocycles. The molecule has 1 heterocycles. The van der Waals surface area contributed by atoms with Crippen molar-refractivity contribution in [3.63, 3.8) is 0 Å². The van der Waals surface area contributed by atoms with E-state index in [0.29, 0.717) is 6.42 Å². The summed E-state index contributed by atoms with van der Waals surface area (Å²) in [6, 6.07) is 7.31. The average Bonchev–Trinajstić information content (AvgIpc) is 2.67. The van der Waals surface area contributed by atoms with Gasteiger partial charge in [-0.15, -0.1) is 0 Å². The number of carboxylic acids is 1. The minimum absolute atomic E-state index is 0.159. The van der Waals surface area contributed by atoms with Crippen LogP contribution in [0.1, 0.15) is 12.0 Å². The molecule has 0 fully saturated rings. The van der Waals surface area contributed by atoms with Crippen LogP contribution in [-0.2, 0) is 18.3 Å². The van der Waals surface area contributed by atoms with Crippen LogP contribution in [0.25, 0.3) is 21.3 Å². The number of azide groups is 1. The van der Waals surface area contributed by atoms with E-state index in [4.69, 9.17) is 10.6 Å². The number of nitrogens with zero attached hydrogens (tertiary/aromatic N) is 4. The van der Waals surface area contributed by atoms with E-state index in [1.54, 1.807) is 0 Å². The number of hydrogen-bond donors (Lipinski definition) is 1. The van der Waals surface area contributed by atoms with Crippen molar-refractivity contribution in [2.75, 3.05) is 0 Å². The predicted octanol–water partition coefficient (Wildman–Crippen LogP) is 2.87. The van der Waals surface area contributed by atoms with Gasteiger partial charge in [-0.2, -0.15) is 0 Å². The number of benzene rings is 1. The molecule has 6 nitrogen and oxygen atoms in total. The second kappa shape index (κ2) is 5.46. The Labute approximate surface area is 109 Å². The molecule has 2 rings (SSSR count). The summed E-state index contributed by atoms with van der Waals surface area (Å²) in [6.45, 7) is 0. The lowest BCUT2D eigenvalue weighted by Gasteiger charge is -2.07. The van der Waals surface area contributed by atoms with Crippen molar-refractivity contribution < 1.29 is 9.90 Å². The zero-order valence-corrected chi connectivity index (χ0v) is 10.5. The average molecular weight is 258 g/mol. The molecule has 0 radical (unpaired) electrons. The van der Waals surface area contributed by atoms with E-state index >= 15 is 0 Å². The van der Waals surface area contributed by atoms with Gasteiger partial charge < -0.3 is 9.67 Å². The summed E-state index contributed by atoms with van der Waals surface area (Å²) in [5.74, 6) is -0.961. The molecule has 0 amide bonds. The van der Waals surface area contributed by atoms with Gasteiger partial charge in [-0.3, -0.25) is 4.79 Å². The fourth-order valence-electron chi connectivity index (χ4n) is 2.27. The highest BCUT2D eigenvalue weighted by molar-refractivity contribution is 5.84. The molecule has 1 aromatic carbocycles. The fourth-order valence-corrected chi connectivity index (χ4v) is 2.27. The highest BCUT2D eigenvalue weighted by Crippen LogP contribution is 2.22. The third-order valence-corrected chi connectivity index (χ3v) is 3.06. The quantitative estimate of drug-likeness (QED) is 0.507. The molecule has 1 atom stereocenters. The van der Waals surface area contributed by atoms with Gasteiger partial charge in [-0.25, -0.2) is 0 Å². The minimum atomic E-state index is -0.961. The summed E-state index contributed by atoms with van der Waals surface area (Å²) in [6.07, 6.45) is 2.22. The summed E-state index contributed by atoms with van der Waals surface area (Å²) >= 11 is 0. The van der Waals surface area contributed by atoms with Crippen molar-refractivity contribution in [2.45, 2.75) is 18.9 Å². The first-order valence-electron chi connectivity index (χ1n) is 5.90. The second-order valence-electron chi connectivity index (χ2n) is 4.44. The van der Waals surface area contributed by atoms with Gasteiger partial charge in [-0.1, -0.05) is 23.3 Å². The maximum atomic E-state index is 10.8. The Kier molecular flexibility index (Phi) is 3.73. The Bertz CT molecular complexity index is 656. The summed E-state index contributed by atoms with van der Waals surface area (Å²) < 4.78 is 1.98. The number of aromatic nitrogens is 1. The molecule has 0 aliphatic heterocycles. The van der Waals surface area contributed by atoms with Gasteiger partial charge in [-0.05, 0) is 23.6 Å². The monoisotopic (exact) mass is 258 g/mol. The van der Waals surface area contributed by atoms with Gasteiger partial charge in [0.15, 0.2) is 0 Å². The summed E-state index contributed by atoms with van der Waals surface area (Å²) in [4.78, 5) is 13.5. The molecular weight excluding hydrogens is 244 g/mol. The summed E-state index contributed by atoms with van der Waals surface area (Å²) in [5, 5.41) is 13.4. The van der Waals surface area contributed by atoms with E-state index in [1.807, 2.05) is 42.1 Å². The van der Waals surface area contributed by atoms with Crippen LogP contribution < -0.4 is 0 Å². The van der Waals surface area contributed by atoms with Crippen molar-refractivity contribution in [3.05, 3.63) is 46.5 Å². The molecule has 0 aliphatic carbocycles. The Morgan fingerprint density at radius 2 is 2.26 bits per heavy atom. The van der Waals surface area contributed by atoms with Gasteiger partial charge in [0.05, 0.1) is 12.5 Å². The molecule has 0 spiro atoms. The SMILES string of the molecule is Cn1cc(C[C@H](CC(=O)O)N=[N+]=[N-])c2ccccc21. The van der Waals surface area contributed by atoms with Crippen LogP contribution in [0, 0.1) is 0 Å². The van der Waals surface area contributed by atoms with Crippen LogP contribution in [0.4, 0.5) is 0 Å². The lowest BCUT2D eigenvalue weighted by Crippen LogP contribution is -2.13. The Hall–Kier alpha value is -2.46. The van der Waals surface area contributed by atoms with Gasteiger partial charge in [0.2, 0.25) is 0 Å². The van der Waals surface area contributed by atoms with Crippen molar-refractivity contribution >= 4 is 16.9 Å². The molecular formula is C13H14N4O2. The third kappa shape index (κ3) is 2.86. The Balaban J connectivity index is 2.33. The number of aliphatic carboxylic acids is 1. The molecule has 6 heteroatoms. The maximum absolute atomic E-state index is 10.8. The summed E-state index contributed by atoms with van der Waals surface area (Å²) in [5.41, 5.74) is 10.6. The molecule has 19 heavy (non-hydrogen) atoms. The van der Waals surface area contributed by atoms with Gasteiger partial charge in [0.1, 0.15) is 0 Å². The highest BCUT2D eigenvalue weighted by Gasteiger charge is 2.15. The zero-order valence-electron chi connectivity index (χ0n) is 10.5. The number of rotatable bonds is 5. The molecule has 0 saturated heterocycles. The third-order valence-electron chi connectivity index (χ3n) is 3.06. The fraction of sp³-hybridized carbons (Fsp3) is 0.308. The van der Waals surface area contributed by atoms with Crippen LogP contribution in [0.2, 0.25) is 0 Å². The van der Waals surface area contributed by atoms with Crippen molar-refractivity contribution in [2.24, 2.45) is 12.2 Å². The molecule has 1 N–H and O–H groups in total.